The Kier molecular flexibility index (Phi) is 4.56. The Bertz CT molecular complexity index is 338. The summed E-state index contributed by atoms with van der Waals surface area (Å²) in [7, 11) is 1.57. The molecule has 0 saturated carbocycles. The maximum atomic E-state index is 5.41. The van der Waals surface area contributed by atoms with Crippen molar-refractivity contribution < 1.29 is 4.74 Å². The first kappa shape index (κ1) is 11.5. The van der Waals surface area contributed by atoms with Gasteiger partial charge in [-0.2, -0.15) is 0 Å². The molecule has 1 aromatic rings. The number of amidine groups is 1. The highest BCUT2D eigenvalue weighted by atomic mass is 16.5. The minimum absolute atomic E-state index is 0.519. The van der Waals surface area contributed by atoms with E-state index < -0.39 is 0 Å². The molecule has 5 heteroatoms. The van der Waals surface area contributed by atoms with Gasteiger partial charge in [-0.25, -0.2) is 10.8 Å². The number of rotatable bonds is 4. The molecule has 0 aliphatic heterocycles. The number of methoxy groups -OCH3 is 1. The second kappa shape index (κ2) is 5.98. The van der Waals surface area contributed by atoms with Gasteiger partial charge >= 0.3 is 0 Å². The molecule has 1 rings (SSSR count). The van der Waals surface area contributed by atoms with Crippen LogP contribution in [0, 0.1) is 0 Å². The average Bonchev–Trinajstić information content (AvgIpc) is 2.30. The van der Waals surface area contributed by atoms with Crippen molar-refractivity contribution in [2.45, 2.75) is 13.3 Å². The third-order valence-electron chi connectivity index (χ3n) is 1.85. The Hall–Kier alpha value is -1.62. The summed E-state index contributed by atoms with van der Waals surface area (Å²) in [6.45, 7) is 2.77. The lowest BCUT2D eigenvalue weighted by Crippen LogP contribution is -2.31. The van der Waals surface area contributed by atoms with Crippen LogP contribution in [0.5, 0.6) is 5.88 Å². The minimum Gasteiger partial charge on any atom is -0.480 e. The number of aliphatic imine (C=N–C) groups is 1. The lowest BCUT2D eigenvalue weighted by Gasteiger charge is -2.08. The summed E-state index contributed by atoms with van der Waals surface area (Å²) in [4.78, 5) is 8.38. The Morgan fingerprint density at radius 1 is 1.67 bits per heavy atom. The molecule has 3 N–H and O–H groups in total. The highest BCUT2D eigenvalue weighted by Gasteiger charge is 2.08. The van der Waals surface area contributed by atoms with Crippen LogP contribution in [0.25, 0.3) is 0 Å². The van der Waals surface area contributed by atoms with Gasteiger partial charge < -0.3 is 10.2 Å². The van der Waals surface area contributed by atoms with Gasteiger partial charge in [0.1, 0.15) is 5.84 Å². The number of hydrazine groups is 1. The predicted octanol–water partition coefficient (Wildman–Crippen LogP) is 0.710. The first-order valence-corrected chi connectivity index (χ1v) is 4.84. The monoisotopic (exact) mass is 208 g/mol. The molecular formula is C10H16N4O. The molecule has 1 aromatic heterocycles. The zero-order valence-corrected chi connectivity index (χ0v) is 9.03. The van der Waals surface area contributed by atoms with Gasteiger partial charge in [0, 0.05) is 12.7 Å². The van der Waals surface area contributed by atoms with Crippen molar-refractivity contribution in [2.75, 3.05) is 13.7 Å². The van der Waals surface area contributed by atoms with Gasteiger partial charge in [-0.3, -0.25) is 4.99 Å². The van der Waals surface area contributed by atoms with Crippen molar-refractivity contribution in [2.24, 2.45) is 10.8 Å². The van der Waals surface area contributed by atoms with E-state index in [0.29, 0.717) is 11.7 Å². The third kappa shape index (κ3) is 2.92. The van der Waals surface area contributed by atoms with Gasteiger partial charge in [-0.05, 0) is 18.6 Å². The number of nitrogens with zero attached hydrogens (tertiary/aromatic N) is 2. The van der Waals surface area contributed by atoms with E-state index in [-0.39, 0.29) is 0 Å². The van der Waals surface area contributed by atoms with Crippen LogP contribution in [0.4, 0.5) is 0 Å². The number of nitrogens with two attached hydrogens (primary N) is 1. The second-order valence-electron chi connectivity index (χ2n) is 2.93. The van der Waals surface area contributed by atoms with Crippen LogP contribution in [0.2, 0.25) is 0 Å². The van der Waals surface area contributed by atoms with Crippen LogP contribution in [0.15, 0.2) is 23.3 Å². The van der Waals surface area contributed by atoms with Gasteiger partial charge in [-0.1, -0.05) is 6.92 Å². The topological polar surface area (TPSA) is 72.5 Å². The summed E-state index contributed by atoms with van der Waals surface area (Å²) in [5.74, 6) is 6.52. The van der Waals surface area contributed by atoms with Crippen molar-refractivity contribution in [3.8, 4) is 5.88 Å². The van der Waals surface area contributed by atoms with Crippen LogP contribution >= 0.6 is 0 Å². The number of aromatic nitrogens is 1. The van der Waals surface area contributed by atoms with Crippen molar-refractivity contribution >= 4 is 5.84 Å². The smallest absolute Gasteiger partial charge is 0.224 e. The third-order valence-corrected chi connectivity index (χ3v) is 1.85. The normalized spacial score (nSPS) is 11.3. The number of hydrogen-bond donors (Lipinski definition) is 2. The summed E-state index contributed by atoms with van der Waals surface area (Å²) in [6, 6.07) is 3.68. The highest BCUT2D eigenvalue weighted by molar-refractivity contribution is 6.00. The molecule has 0 bridgehead atoms. The number of ether oxygens (including phenoxy) is 1. The van der Waals surface area contributed by atoms with Gasteiger partial charge in [0.15, 0.2) is 0 Å². The number of nitrogens with one attached hydrogen (secondary N) is 1. The first-order valence-electron chi connectivity index (χ1n) is 4.84. The molecule has 15 heavy (non-hydrogen) atoms. The van der Waals surface area contributed by atoms with Crippen LogP contribution in [-0.4, -0.2) is 24.5 Å². The zero-order valence-electron chi connectivity index (χ0n) is 9.03. The molecule has 0 amide bonds. The maximum Gasteiger partial charge on any atom is 0.224 e. The number of hydrogen-bond acceptors (Lipinski definition) is 4. The molecule has 0 aliphatic rings. The lowest BCUT2D eigenvalue weighted by molar-refractivity contribution is 0.396. The SMILES string of the molecule is CCCN=C(NN)c1cccnc1OC. The van der Waals surface area contributed by atoms with Crippen molar-refractivity contribution in [1.29, 1.82) is 0 Å². The molecular weight excluding hydrogens is 192 g/mol. The molecule has 0 fully saturated rings. The first-order chi connectivity index (χ1) is 7.33. The highest BCUT2D eigenvalue weighted by Crippen LogP contribution is 2.13. The molecule has 82 valence electrons. The van der Waals surface area contributed by atoms with Gasteiger partial charge in [0.2, 0.25) is 5.88 Å². The Morgan fingerprint density at radius 2 is 2.47 bits per heavy atom. The minimum atomic E-state index is 0.519. The van der Waals surface area contributed by atoms with Crippen molar-refractivity contribution in [1.82, 2.24) is 10.4 Å². The molecule has 0 unspecified atom stereocenters. The molecule has 0 spiro atoms. The van der Waals surface area contributed by atoms with E-state index in [1.54, 1.807) is 13.3 Å². The van der Waals surface area contributed by atoms with E-state index in [9.17, 15) is 0 Å². The van der Waals surface area contributed by atoms with Crippen LogP contribution in [0.3, 0.4) is 0 Å². The summed E-state index contributed by atoms with van der Waals surface area (Å²) in [6.07, 6.45) is 2.63. The van der Waals surface area contributed by atoms with Gasteiger partial charge in [0.25, 0.3) is 0 Å². The van der Waals surface area contributed by atoms with Crippen LogP contribution < -0.4 is 16.0 Å². The van der Waals surface area contributed by atoms with Crippen LogP contribution in [0.1, 0.15) is 18.9 Å². The second-order valence-corrected chi connectivity index (χ2v) is 2.93. The van der Waals surface area contributed by atoms with Crippen molar-refractivity contribution in [3.05, 3.63) is 23.9 Å². The average molecular weight is 208 g/mol. The van der Waals surface area contributed by atoms with Gasteiger partial charge in [0.05, 0.1) is 12.7 Å². The Labute approximate surface area is 89.3 Å². The largest absolute Gasteiger partial charge is 0.480 e. The summed E-state index contributed by atoms with van der Waals surface area (Å²) in [5, 5.41) is 0. The number of pyridine rings is 1. The molecule has 0 aromatic carbocycles. The van der Waals surface area contributed by atoms with Gasteiger partial charge in [-0.15, -0.1) is 0 Å². The quantitative estimate of drug-likeness (QED) is 0.331. The van der Waals surface area contributed by atoms with Crippen LogP contribution in [-0.2, 0) is 0 Å². The molecule has 0 aliphatic carbocycles. The molecule has 0 saturated heterocycles. The van der Waals surface area contributed by atoms with E-state index in [0.717, 1.165) is 18.5 Å². The zero-order chi connectivity index (χ0) is 11.1. The molecule has 0 atom stereocenters. The molecule has 1 heterocycles. The standard InChI is InChI=1S/C10H16N4O/c1-3-6-12-9(14-11)8-5-4-7-13-10(8)15-2/h4-5,7H,3,6,11H2,1-2H3,(H,12,14). The van der Waals surface area contributed by atoms with E-state index in [4.69, 9.17) is 10.6 Å². The predicted molar refractivity (Wildman–Crippen MR) is 59.8 cm³/mol. The summed E-state index contributed by atoms with van der Waals surface area (Å²) < 4.78 is 5.12. The van der Waals surface area contributed by atoms with E-state index in [1.807, 2.05) is 12.1 Å². The lowest BCUT2D eigenvalue weighted by atomic mass is 10.2. The van der Waals surface area contributed by atoms with E-state index in [1.165, 1.54) is 0 Å². The molecule has 5 nitrogen and oxygen atoms in total. The van der Waals surface area contributed by atoms with E-state index >= 15 is 0 Å². The Morgan fingerprint density at radius 3 is 3.07 bits per heavy atom. The maximum absolute atomic E-state index is 5.41. The Balaban J connectivity index is 3.00. The summed E-state index contributed by atoms with van der Waals surface area (Å²) in [5.41, 5.74) is 3.33. The summed E-state index contributed by atoms with van der Waals surface area (Å²) >= 11 is 0. The van der Waals surface area contributed by atoms with E-state index in [2.05, 4.69) is 22.3 Å². The van der Waals surface area contributed by atoms with Crippen molar-refractivity contribution in [3.63, 3.8) is 0 Å². The fourth-order valence-electron chi connectivity index (χ4n) is 1.17. The fourth-order valence-corrected chi connectivity index (χ4v) is 1.17. The fraction of sp³-hybridized carbons (Fsp3) is 0.400. The molecule has 0 radical (unpaired) electrons.